The summed E-state index contributed by atoms with van der Waals surface area (Å²) < 4.78 is 5.46. The van der Waals surface area contributed by atoms with Crippen molar-refractivity contribution in [1.82, 2.24) is 10.1 Å². The molecule has 1 amide bonds. The van der Waals surface area contributed by atoms with Gasteiger partial charge in [0.05, 0.1) is 0 Å². The first-order valence-electron chi connectivity index (χ1n) is 8.99. The number of halogens is 1. The lowest BCUT2D eigenvalue weighted by molar-refractivity contribution is 0.0735. The lowest BCUT2D eigenvalue weighted by Crippen LogP contribution is -2.49. The number of aromatic nitrogens is 1. The quantitative estimate of drug-likeness (QED) is 0.769. The Hall–Kier alpha value is -2.01. The second-order valence-electron chi connectivity index (χ2n) is 6.75. The van der Waals surface area contributed by atoms with Gasteiger partial charge in [-0.2, -0.15) is 0 Å². The zero-order valence-corrected chi connectivity index (χ0v) is 15.0. The fraction of sp³-hybridized carbons (Fsp3) is 0.474. The van der Waals surface area contributed by atoms with Gasteiger partial charge in [0.15, 0.2) is 5.69 Å². The van der Waals surface area contributed by atoms with Crippen LogP contribution in [0, 0.1) is 0 Å². The van der Waals surface area contributed by atoms with Gasteiger partial charge < -0.3 is 14.3 Å². The van der Waals surface area contributed by atoms with Gasteiger partial charge in [-0.25, -0.2) is 0 Å². The first-order valence-corrected chi connectivity index (χ1v) is 9.37. The molecule has 0 bridgehead atoms. The number of anilines is 1. The fourth-order valence-electron chi connectivity index (χ4n) is 3.72. The largest absolute Gasteiger partial charge is 0.368 e. The van der Waals surface area contributed by atoms with Gasteiger partial charge in [-0.05, 0) is 37.5 Å². The molecule has 1 saturated heterocycles. The second-order valence-corrected chi connectivity index (χ2v) is 7.19. The maximum Gasteiger partial charge on any atom is 0.276 e. The number of piperazine rings is 1. The highest BCUT2D eigenvalue weighted by Gasteiger charge is 2.29. The number of fused-ring (bicyclic) bond motifs is 1. The summed E-state index contributed by atoms with van der Waals surface area (Å²) in [5, 5.41) is 4.84. The summed E-state index contributed by atoms with van der Waals surface area (Å²) >= 11 is 6.08. The van der Waals surface area contributed by atoms with Crippen molar-refractivity contribution in [2.75, 3.05) is 31.1 Å². The molecular formula is C19H22ClN3O2. The molecule has 0 N–H and O–H groups in total. The van der Waals surface area contributed by atoms with Gasteiger partial charge in [0, 0.05) is 48.9 Å². The van der Waals surface area contributed by atoms with E-state index in [1.807, 2.05) is 23.1 Å². The number of hydrogen-bond acceptors (Lipinski definition) is 4. The summed E-state index contributed by atoms with van der Waals surface area (Å²) in [5.41, 5.74) is 2.68. The SMILES string of the molecule is O=C(c1noc2c1CCCCC2)N1CCN(c2cccc(Cl)c2)CC1. The third-order valence-corrected chi connectivity index (χ3v) is 5.38. The molecule has 2 heterocycles. The summed E-state index contributed by atoms with van der Waals surface area (Å²) in [6, 6.07) is 7.86. The van der Waals surface area contributed by atoms with Crippen molar-refractivity contribution in [2.45, 2.75) is 32.1 Å². The highest BCUT2D eigenvalue weighted by atomic mass is 35.5. The number of benzene rings is 1. The summed E-state index contributed by atoms with van der Waals surface area (Å²) in [5.74, 6) is 0.927. The number of amides is 1. The predicted molar refractivity (Wildman–Crippen MR) is 97.3 cm³/mol. The number of hydrogen-bond donors (Lipinski definition) is 0. The van der Waals surface area contributed by atoms with Gasteiger partial charge in [-0.1, -0.05) is 29.2 Å². The molecule has 1 aromatic carbocycles. The summed E-state index contributed by atoms with van der Waals surface area (Å²) in [6.07, 6.45) is 5.22. The van der Waals surface area contributed by atoms with Gasteiger partial charge in [0.2, 0.25) is 0 Å². The number of carbonyl (C=O) groups is 1. The van der Waals surface area contributed by atoms with Gasteiger partial charge in [0.1, 0.15) is 5.76 Å². The minimum absolute atomic E-state index is 0.0117. The van der Waals surface area contributed by atoms with Crippen LogP contribution in [0.25, 0.3) is 0 Å². The Morgan fingerprint density at radius 2 is 1.88 bits per heavy atom. The van der Waals surface area contributed by atoms with E-state index in [2.05, 4.69) is 16.1 Å². The predicted octanol–water partition coefficient (Wildman–Crippen LogP) is 3.56. The Morgan fingerprint density at radius 1 is 1.08 bits per heavy atom. The first kappa shape index (κ1) is 16.5. The van der Waals surface area contributed by atoms with Crippen molar-refractivity contribution < 1.29 is 9.32 Å². The van der Waals surface area contributed by atoms with Crippen LogP contribution < -0.4 is 4.90 Å². The van der Waals surface area contributed by atoms with Gasteiger partial charge in [-0.15, -0.1) is 0 Å². The average molecular weight is 360 g/mol. The Labute approximate surface area is 152 Å². The molecule has 2 aliphatic rings. The van der Waals surface area contributed by atoms with E-state index in [-0.39, 0.29) is 5.91 Å². The van der Waals surface area contributed by atoms with Crippen LogP contribution in [-0.2, 0) is 12.8 Å². The molecule has 4 rings (SSSR count). The molecule has 1 aliphatic heterocycles. The van der Waals surface area contributed by atoms with Crippen LogP contribution in [0.2, 0.25) is 5.02 Å². The molecule has 0 radical (unpaired) electrons. The van der Waals surface area contributed by atoms with E-state index in [4.69, 9.17) is 16.1 Å². The molecule has 0 unspecified atom stereocenters. The van der Waals surface area contributed by atoms with Gasteiger partial charge in [-0.3, -0.25) is 4.79 Å². The Morgan fingerprint density at radius 3 is 2.68 bits per heavy atom. The van der Waals surface area contributed by atoms with Crippen LogP contribution in [0.15, 0.2) is 28.8 Å². The molecule has 0 saturated carbocycles. The molecule has 6 heteroatoms. The van der Waals surface area contributed by atoms with E-state index >= 15 is 0 Å². The fourth-order valence-corrected chi connectivity index (χ4v) is 3.90. The second kappa shape index (κ2) is 7.08. The minimum Gasteiger partial charge on any atom is -0.368 e. The maximum atomic E-state index is 12.9. The van der Waals surface area contributed by atoms with Crippen LogP contribution in [0.3, 0.4) is 0 Å². The van der Waals surface area contributed by atoms with Gasteiger partial charge >= 0.3 is 0 Å². The summed E-state index contributed by atoms with van der Waals surface area (Å²) in [6.45, 7) is 2.97. The maximum absolute atomic E-state index is 12.9. The van der Waals surface area contributed by atoms with Gasteiger partial charge in [0.25, 0.3) is 5.91 Å². The normalized spacial score (nSPS) is 18.0. The van der Waals surface area contributed by atoms with Crippen molar-refractivity contribution in [3.63, 3.8) is 0 Å². The van der Waals surface area contributed by atoms with E-state index in [1.54, 1.807) is 0 Å². The third-order valence-electron chi connectivity index (χ3n) is 5.14. The molecule has 1 aliphatic carbocycles. The van der Waals surface area contributed by atoms with Crippen LogP contribution >= 0.6 is 11.6 Å². The monoisotopic (exact) mass is 359 g/mol. The minimum atomic E-state index is 0.0117. The highest BCUT2D eigenvalue weighted by Crippen LogP contribution is 2.25. The Kier molecular flexibility index (Phi) is 4.66. The van der Waals surface area contributed by atoms with Crippen LogP contribution in [-0.4, -0.2) is 42.1 Å². The zero-order chi connectivity index (χ0) is 17.2. The van der Waals surface area contributed by atoms with Crippen LogP contribution in [0.4, 0.5) is 5.69 Å². The number of carbonyl (C=O) groups excluding carboxylic acids is 1. The summed E-state index contributed by atoms with van der Waals surface area (Å²) in [7, 11) is 0. The van der Waals surface area contributed by atoms with Crippen LogP contribution in [0.5, 0.6) is 0 Å². The average Bonchev–Trinajstić information content (AvgIpc) is 2.89. The van der Waals surface area contributed by atoms with Crippen molar-refractivity contribution >= 4 is 23.2 Å². The van der Waals surface area contributed by atoms with E-state index in [0.29, 0.717) is 18.8 Å². The number of rotatable bonds is 2. The molecule has 25 heavy (non-hydrogen) atoms. The molecule has 0 atom stereocenters. The zero-order valence-electron chi connectivity index (χ0n) is 14.2. The van der Waals surface area contributed by atoms with Crippen molar-refractivity contribution in [3.8, 4) is 0 Å². The van der Waals surface area contributed by atoms with Crippen LogP contribution in [0.1, 0.15) is 41.1 Å². The van der Waals surface area contributed by atoms with E-state index in [0.717, 1.165) is 60.8 Å². The molecule has 2 aromatic rings. The third kappa shape index (κ3) is 3.38. The van der Waals surface area contributed by atoms with E-state index < -0.39 is 0 Å². The van der Waals surface area contributed by atoms with E-state index in [1.165, 1.54) is 6.42 Å². The van der Waals surface area contributed by atoms with Crippen molar-refractivity contribution in [1.29, 1.82) is 0 Å². The molecule has 0 spiro atoms. The topological polar surface area (TPSA) is 49.6 Å². The van der Waals surface area contributed by atoms with E-state index in [9.17, 15) is 4.79 Å². The smallest absolute Gasteiger partial charge is 0.276 e. The molecule has 1 fully saturated rings. The lowest BCUT2D eigenvalue weighted by atomic mass is 10.1. The molecule has 1 aromatic heterocycles. The molecular weight excluding hydrogens is 338 g/mol. The standard InChI is InChI=1S/C19H22ClN3O2/c20-14-5-4-6-15(13-14)22-9-11-23(12-10-22)19(24)18-16-7-2-1-3-8-17(16)25-21-18/h4-6,13H,1-3,7-12H2. The number of aryl methyl sites for hydroxylation is 1. The lowest BCUT2D eigenvalue weighted by Gasteiger charge is -2.36. The molecule has 5 nitrogen and oxygen atoms in total. The molecule has 132 valence electrons. The Balaban J connectivity index is 1.44. The first-order chi connectivity index (χ1) is 12.2. The van der Waals surface area contributed by atoms with Crippen molar-refractivity contribution in [2.24, 2.45) is 0 Å². The van der Waals surface area contributed by atoms with Crippen molar-refractivity contribution in [3.05, 3.63) is 46.3 Å². The number of nitrogens with zero attached hydrogens (tertiary/aromatic N) is 3. The highest BCUT2D eigenvalue weighted by molar-refractivity contribution is 6.30. The summed E-state index contributed by atoms with van der Waals surface area (Å²) in [4.78, 5) is 17.1. The Bertz CT molecular complexity index is 766.